The van der Waals surface area contributed by atoms with E-state index >= 15 is 0 Å². The molecule has 2 unspecified atom stereocenters. The van der Waals surface area contributed by atoms with Crippen LogP contribution in [0.3, 0.4) is 0 Å². The van der Waals surface area contributed by atoms with Crippen LogP contribution in [-0.4, -0.2) is 46.8 Å². The van der Waals surface area contributed by atoms with E-state index in [0.717, 1.165) is 0 Å². The van der Waals surface area contributed by atoms with Gasteiger partial charge in [-0.3, -0.25) is 14.9 Å². The molecule has 3 atom stereocenters. The summed E-state index contributed by atoms with van der Waals surface area (Å²) in [4.78, 5) is 21.7. The van der Waals surface area contributed by atoms with Crippen molar-refractivity contribution in [1.29, 1.82) is 0 Å². The van der Waals surface area contributed by atoms with Crippen LogP contribution < -0.4 is 16.8 Å². The molecule has 7 nitrogen and oxygen atoms in total. The smallest absolute Gasteiger partial charge is 0.235 e. The molecule has 2 amide bonds. The highest BCUT2D eigenvalue weighted by atomic mass is 16.3. The molecule has 0 aromatic heterocycles. The summed E-state index contributed by atoms with van der Waals surface area (Å²) in [5.74, 6) is -1.38. The first-order valence-electron chi connectivity index (χ1n) is 5.04. The predicted octanol–water partition coefficient (Wildman–Crippen LogP) is -2.56. The van der Waals surface area contributed by atoms with E-state index in [2.05, 4.69) is 5.32 Å². The first-order chi connectivity index (χ1) is 7.42. The van der Waals surface area contributed by atoms with E-state index in [4.69, 9.17) is 16.6 Å². The van der Waals surface area contributed by atoms with Gasteiger partial charge in [-0.2, -0.15) is 0 Å². The number of aliphatic hydroxyl groups excluding tert-OH is 2. The fraction of sp³-hybridized carbons (Fsp3) is 0.778. The minimum absolute atomic E-state index is 0.232. The first-order valence-corrected chi connectivity index (χ1v) is 5.04. The van der Waals surface area contributed by atoms with Gasteiger partial charge < -0.3 is 21.7 Å². The fourth-order valence-corrected chi connectivity index (χ4v) is 1.33. The third-order valence-electron chi connectivity index (χ3n) is 2.26. The van der Waals surface area contributed by atoms with Crippen LogP contribution in [0.15, 0.2) is 0 Å². The van der Waals surface area contributed by atoms with Crippen molar-refractivity contribution in [1.82, 2.24) is 5.32 Å². The summed E-state index contributed by atoms with van der Waals surface area (Å²) in [6.07, 6.45) is -0.770. The number of aliphatic hydroxyl groups is 2. The van der Waals surface area contributed by atoms with Gasteiger partial charge in [-0.05, 0) is 6.42 Å². The predicted molar refractivity (Wildman–Crippen MR) is 57.1 cm³/mol. The molecule has 0 radical (unpaired) electrons. The molecule has 0 aliphatic heterocycles. The molecule has 0 aliphatic rings. The molecule has 7 heteroatoms. The molecular weight excluding hydrogens is 214 g/mol. The van der Waals surface area contributed by atoms with Gasteiger partial charge in [0.05, 0.1) is 25.2 Å². The summed E-state index contributed by atoms with van der Waals surface area (Å²) in [5.41, 5.74) is 10.0. The van der Waals surface area contributed by atoms with E-state index in [1.807, 2.05) is 0 Å². The zero-order valence-corrected chi connectivity index (χ0v) is 9.22. The number of carbonyl (C=O) groups is 2. The van der Waals surface area contributed by atoms with Crippen molar-refractivity contribution in [3.05, 3.63) is 0 Å². The Morgan fingerprint density at radius 2 is 1.94 bits per heavy atom. The highest BCUT2D eigenvalue weighted by Crippen LogP contribution is 2.02. The number of carbonyl (C=O) groups excluding carboxylic acids is 2. The standard InChI is InChI=1S/C9H19N3O4/c1-2-5(7(14)4-13)12-6(9(11)16)3-8(10)15/h5-7,12-14H,2-4H2,1H3,(H2,10,15)(H2,11,16)/t5?,6-,7?/m0/s1. The fourth-order valence-electron chi connectivity index (χ4n) is 1.33. The van der Waals surface area contributed by atoms with Gasteiger partial charge in [0.1, 0.15) is 0 Å². The average molecular weight is 233 g/mol. The Morgan fingerprint density at radius 3 is 2.25 bits per heavy atom. The maximum atomic E-state index is 11.0. The second-order valence-corrected chi connectivity index (χ2v) is 3.56. The Morgan fingerprint density at radius 1 is 1.38 bits per heavy atom. The SMILES string of the molecule is CCC(N[C@@H](CC(N)=O)C(N)=O)C(O)CO. The maximum Gasteiger partial charge on any atom is 0.235 e. The van der Waals surface area contributed by atoms with Gasteiger partial charge >= 0.3 is 0 Å². The molecular formula is C9H19N3O4. The van der Waals surface area contributed by atoms with E-state index in [1.54, 1.807) is 6.92 Å². The zero-order chi connectivity index (χ0) is 12.7. The molecule has 0 fully saturated rings. The normalized spacial score (nSPS) is 16.4. The number of nitrogens with one attached hydrogen (secondary N) is 1. The van der Waals surface area contributed by atoms with Crippen LogP contribution in [0.25, 0.3) is 0 Å². The van der Waals surface area contributed by atoms with Gasteiger partial charge in [-0.25, -0.2) is 0 Å². The number of hydrogen-bond donors (Lipinski definition) is 5. The molecule has 0 spiro atoms. The van der Waals surface area contributed by atoms with Crippen LogP contribution >= 0.6 is 0 Å². The van der Waals surface area contributed by atoms with Crippen molar-refractivity contribution < 1.29 is 19.8 Å². The highest BCUT2D eigenvalue weighted by molar-refractivity contribution is 5.86. The van der Waals surface area contributed by atoms with Gasteiger partial charge in [0.2, 0.25) is 11.8 Å². The minimum Gasteiger partial charge on any atom is -0.394 e. The Labute approximate surface area is 93.8 Å². The monoisotopic (exact) mass is 233 g/mol. The molecule has 0 aliphatic carbocycles. The van der Waals surface area contributed by atoms with Crippen LogP contribution in [0, 0.1) is 0 Å². The second kappa shape index (κ2) is 7.15. The largest absolute Gasteiger partial charge is 0.394 e. The second-order valence-electron chi connectivity index (χ2n) is 3.56. The summed E-state index contributed by atoms with van der Waals surface area (Å²) in [6.45, 7) is 1.33. The summed E-state index contributed by atoms with van der Waals surface area (Å²) >= 11 is 0. The van der Waals surface area contributed by atoms with E-state index in [1.165, 1.54) is 0 Å². The van der Waals surface area contributed by atoms with E-state index < -0.39 is 36.6 Å². The Hall–Kier alpha value is -1.18. The van der Waals surface area contributed by atoms with Crippen molar-refractivity contribution in [3.63, 3.8) is 0 Å². The molecule has 7 N–H and O–H groups in total. The molecule has 0 bridgehead atoms. The minimum atomic E-state index is -1.01. The summed E-state index contributed by atoms with van der Waals surface area (Å²) < 4.78 is 0. The molecule has 94 valence electrons. The van der Waals surface area contributed by atoms with Gasteiger partial charge in [0, 0.05) is 6.04 Å². The van der Waals surface area contributed by atoms with Crippen molar-refractivity contribution in [2.75, 3.05) is 6.61 Å². The maximum absolute atomic E-state index is 11.0. The molecule has 0 saturated heterocycles. The quantitative estimate of drug-likeness (QED) is 0.314. The van der Waals surface area contributed by atoms with E-state index in [0.29, 0.717) is 6.42 Å². The Bertz CT molecular complexity index is 247. The number of hydrogen-bond acceptors (Lipinski definition) is 5. The lowest BCUT2D eigenvalue weighted by Gasteiger charge is -2.25. The van der Waals surface area contributed by atoms with Crippen molar-refractivity contribution in [2.24, 2.45) is 11.5 Å². The number of rotatable bonds is 8. The molecule has 0 rings (SSSR count). The molecule has 0 aromatic carbocycles. The van der Waals surface area contributed by atoms with Gasteiger partial charge in [-0.15, -0.1) is 0 Å². The lowest BCUT2D eigenvalue weighted by atomic mass is 10.1. The number of nitrogens with two attached hydrogens (primary N) is 2. The van der Waals surface area contributed by atoms with Crippen LogP contribution in [0.5, 0.6) is 0 Å². The third kappa shape index (κ3) is 5.06. The van der Waals surface area contributed by atoms with Crippen LogP contribution in [0.2, 0.25) is 0 Å². The van der Waals surface area contributed by atoms with E-state index in [-0.39, 0.29) is 6.42 Å². The summed E-state index contributed by atoms with van der Waals surface area (Å²) in [7, 11) is 0. The summed E-state index contributed by atoms with van der Waals surface area (Å²) in [5, 5.41) is 20.9. The molecule has 0 saturated carbocycles. The topological polar surface area (TPSA) is 139 Å². The number of amides is 2. The molecule has 0 heterocycles. The third-order valence-corrected chi connectivity index (χ3v) is 2.26. The van der Waals surface area contributed by atoms with Crippen LogP contribution in [-0.2, 0) is 9.59 Å². The average Bonchev–Trinajstić information content (AvgIpc) is 2.22. The number of primary amides is 2. The lowest BCUT2D eigenvalue weighted by molar-refractivity contribution is -0.125. The van der Waals surface area contributed by atoms with Crippen LogP contribution in [0.4, 0.5) is 0 Å². The van der Waals surface area contributed by atoms with Gasteiger partial charge in [0.25, 0.3) is 0 Å². The van der Waals surface area contributed by atoms with Crippen molar-refractivity contribution in [3.8, 4) is 0 Å². The lowest BCUT2D eigenvalue weighted by Crippen LogP contribution is -2.52. The highest BCUT2D eigenvalue weighted by Gasteiger charge is 2.24. The summed E-state index contributed by atoms with van der Waals surface area (Å²) in [6, 6.07) is -1.44. The van der Waals surface area contributed by atoms with E-state index in [9.17, 15) is 14.7 Å². The van der Waals surface area contributed by atoms with Gasteiger partial charge in [-0.1, -0.05) is 6.92 Å². The van der Waals surface area contributed by atoms with Crippen molar-refractivity contribution in [2.45, 2.75) is 38.0 Å². The van der Waals surface area contributed by atoms with Gasteiger partial charge in [0.15, 0.2) is 0 Å². The van der Waals surface area contributed by atoms with Crippen LogP contribution in [0.1, 0.15) is 19.8 Å². The zero-order valence-electron chi connectivity index (χ0n) is 9.22. The molecule has 0 aromatic rings. The first kappa shape index (κ1) is 14.8. The van der Waals surface area contributed by atoms with Crippen molar-refractivity contribution >= 4 is 11.8 Å². The Balaban J connectivity index is 4.46. The Kier molecular flexibility index (Phi) is 6.63. The molecule has 16 heavy (non-hydrogen) atoms.